The first-order chi connectivity index (χ1) is 17.6. The molecule has 8 nitrogen and oxygen atoms in total. The summed E-state index contributed by atoms with van der Waals surface area (Å²) < 4.78 is 26.4. The fraction of sp³-hybridized carbons (Fsp3) is 0.423. The second-order valence-corrected chi connectivity index (χ2v) is 12.1. The molecule has 1 aliphatic heterocycles. The highest BCUT2D eigenvalue weighted by molar-refractivity contribution is 7.90. The van der Waals surface area contributed by atoms with Gasteiger partial charge in [-0.15, -0.1) is 0 Å². The van der Waals surface area contributed by atoms with Crippen molar-refractivity contribution in [3.05, 3.63) is 63.6 Å². The lowest BCUT2D eigenvalue weighted by atomic mass is 10.1. The Balaban J connectivity index is 1.45. The number of carbonyl (C=O) groups is 3. The molecule has 1 atom stereocenters. The molecule has 2 aromatic rings. The minimum absolute atomic E-state index is 0.0234. The summed E-state index contributed by atoms with van der Waals surface area (Å²) in [5.74, 6) is -1.17. The number of hydrogen-bond donors (Lipinski definition) is 1. The highest BCUT2D eigenvalue weighted by atomic mass is 35.5. The van der Waals surface area contributed by atoms with Gasteiger partial charge in [0.05, 0.1) is 15.6 Å². The summed E-state index contributed by atoms with van der Waals surface area (Å²) in [4.78, 5) is 40.5. The highest BCUT2D eigenvalue weighted by Crippen LogP contribution is 2.30. The van der Waals surface area contributed by atoms with E-state index in [-0.39, 0.29) is 54.2 Å². The molecule has 0 saturated heterocycles. The molecule has 1 aliphatic carbocycles. The summed E-state index contributed by atoms with van der Waals surface area (Å²) in [5, 5.41) is 3.76. The van der Waals surface area contributed by atoms with Gasteiger partial charge in [0, 0.05) is 25.6 Å². The van der Waals surface area contributed by atoms with E-state index in [0.29, 0.717) is 15.6 Å². The maximum atomic E-state index is 13.4. The van der Waals surface area contributed by atoms with E-state index >= 15 is 0 Å². The van der Waals surface area contributed by atoms with Gasteiger partial charge in [-0.3, -0.25) is 14.4 Å². The molecule has 1 heterocycles. The van der Waals surface area contributed by atoms with Crippen LogP contribution in [-0.4, -0.2) is 54.0 Å². The zero-order valence-electron chi connectivity index (χ0n) is 20.5. The van der Waals surface area contributed by atoms with Gasteiger partial charge in [0.15, 0.2) is 0 Å². The Kier molecular flexibility index (Phi) is 8.46. The van der Waals surface area contributed by atoms with Gasteiger partial charge < -0.3 is 10.2 Å². The second-order valence-electron chi connectivity index (χ2n) is 9.42. The summed E-state index contributed by atoms with van der Waals surface area (Å²) in [6.07, 6.45) is 4.03. The molecule has 1 fully saturated rings. The summed E-state index contributed by atoms with van der Waals surface area (Å²) in [6.45, 7) is 1.66. The molecular formula is C26H29Cl2N3O5S. The van der Waals surface area contributed by atoms with Crippen LogP contribution in [0.25, 0.3) is 0 Å². The van der Waals surface area contributed by atoms with Crippen molar-refractivity contribution in [3.63, 3.8) is 0 Å². The third-order valence-electron chi connectivity index (χ3n) is 6.87. The first-order valence-electron chi connectivity index (χ1n) is 12.3. The van der Waals surface area contributed by atoms with Crippen molar-refractivity contribution in [3.8, 4) is 0 Å². The third kappa shape index (κ3) is 5.94. The van der Waals surface area contributed by atoms with Gasteiger partial charge in [0.1, 0.15) is 10.9 Å². The van der Waals surface area contributed by atoms with E-state index in [9.17, 15) is 22.8 Å². The molecule has 3 amide bonds. The van der Waals surface area contributed by atoms with Gasteiger partial charge in [0.25, 0.3) is 15.9 Å². The molecule has 0 unspecified atom stereocenters. The minimum Gasteiger partial charge on any atom is -0.352 e. The number of sulfonamides is 1. The number of halogens is 2. The van der Waals surface area contributed by atoms with Gasteiger partial charge in [-0.05, 0) is 56.0 Å². The van der Waals surface area contributed by atoms with E-state index in [1.165, 1.54) is 17.0 Å². The zero-order chi connectivity index (χ0) is 26.7. The van der Waals surface area contributed by atoms with Crippen molar-refractivity contribution < 1.29 is 22.8 Å². The SMILES string of the molecule is C[C@@H](C(=O)NC1CCCC1)N(Cc1ccc(Cl)c(Cl)c1)C(=O)CCCN1C(=O)c2ccccc2S1(=O)=O. The van der Waals surface area contributed by atoms with Crippen LogP contribution in [0.1, 0.15) is 61.4 Å². The van der Waals surface area contributed by atoms with Crippen molar-refractivity contribution in [2.45, 2.75) is 69.0 Å². The summed E-state index contributed by atoms with van der Waals surface area (Å²) >= 11 is 12.2. The maximum absolute atomic E-state index is 13.4. The molecule has 0 aromatic heterocycles. The summed E-state index contributed by atoms with van der Waals surface area (Å²) in [5.41, 5.74) is 0.836. The molecule has 1 saturated carbocycles. The molecular weight excluding hydrogens is 537 g/mol. The zero-order valence-corrected chi connectivity index (χ0v) is 22.8. The van der Waals surface area contributed by atoms with Crippen molar-refractivity contribution in [1.82, 2.24) is 14.5 Å². The minimum atomic E-state index is -3.95. The van der Waals surface area contributed by atoms with Crippen LogP contribution in [0.4, 0.5) is 0 Å². The lowest BCUT2D eigenvalue weighted by molar-refractivity contribution is -0.141. The average Bonchev–Trinajstić information content (AvgIpc) is 3.45. The van der Waals surface area contributed by atoms with Crippen LogP contribution in [0, 0.1) is 0 Å². The number of hydrogen-bond acceptors (Lipinski definition) is 5. The molecule has 198 valence electrons. The van der Waals surface area contributed by atoms with E-state index in [4.69, 9.17) is 23.2 Å². The number of nitrogens with zero attached hydrogens (tertiary/aromatic N) is 2. The summed E-state index contributed by atoms with van der Waals surface area (Å²) in [7, 11) is -3.95. The van der Waals surface area contributed by atoms with Gasteiger partial charge in [-0.1, -0.05) is 54.2 Å². The summed E-state index contributed by atoms with van der Waals surface area (Å²) in [6, 6.07) is 10.4. The quantitative estimate of drug-likeness (QED) is 0.485. The molecule has 4 rings (SSSR count). The Morgan fingerprint density at radius 3 is 2.49 bits per heavy atom. The molecule has 0 spiro atoms. The fourth-order valence-corrected chi connectivity index (χ4v) is 6.71. The number of amides is 3. The topological polar surface area (TPSA) is 104 Å². The van der Waals surface area contributed by atoms with Crippen LogP contribution in [0.2, 0.25) is 10.0 Å². The van der Waals surface area contributed by atoms with Gasteiger partial charge >= 0.3 is 0 Å². The van der Waals surface area contributed by atoms with Crippen LogP contribution < -0.4 is 5.32 Å². The molecule has 37 heavy (non-hydrogen) atoms. The Labute approximate surface area is 227 Å². The van der Waals surface area contributed by atoms with Crippen LogP contribution >= 0.6 is 23.2 Å². The molecule has 1 N–H and O–H groups in total. The largest absolute Gasteiger partial charge is 0.352 e. The number of carbonyl (C=O) groups excluding carboxylic acids is 3. The van der Waals surface area contributed by atoms with E-state index in [1.807, 2.05) is 0 Å². The number of fused-ring (bicyclic) bond motifs is 1. The number of benzene rings is 2. The lowest BCUT2D eigenvalue weighted by Crippen LogP contribution is -2.49. The Bertz CT molecular complexity index is 1310. The van der Waals surface area contributed by atoms with Gasteiger partial charge in [-0.2, -0.15) is 0 Å². The van der Waals surface area contributed by atoms with Crippen molar-refractivity contribution in [2.75, 3.05) is 6.54 Å². The van der Waals surface area contributed by atoms with Gasteiger partial charge in [-0.25, -0.2) is 12.7 Å². The predicted molar refractivity (Wildman–Crippen MR) is 141 cm³/mol. The Hall–Kier alpha value is -2.62. The van der Waals surface area contributed by atoms with Gasteiger partial charge in [0.2, 0.25) is 11.8 Å². The third-order valence-corrected chi connectivity index (χ3v) is 9.45. The first kappa shape index (κ1) is 27.4. The molecule has 2 aliphatic rings. The Morgan fingerprint density at radius 1 is 1.11 bits per heavy atom. The molecule has 2 aromatic carbocycles. The van der Waals surface area contributed by atoms with Crippen LogP contribution in [0.3, 0.4) is 0 Å². The number of rotatable bonds is 9. The van der Waals surface area contributed by atoms with Crippen molar-refractivity contribution in [2.24, 2.45) is 0 Å². The average molecular weight is 567 g/mol. The molecule has 0 bridgehead atoms. The van der Waals surface area contributed by atoms with Crippen molar-refractivity contribution in [1.29, 1.82) is 0 Å². The first-order valence-corrected chi connectivity index (χ1v) is 14.5. The van der Waals surface area contributed by atoms with E-state index in [1.54, 1.807) is 37.3 Å². The standard InChI is InChI=1S/C26H29Cl2N3O5S/c1-17(25(33)29-19-7-2-3-8-19)30(16-18-12-13-21(27)22(28)15-18)24(32)11-6-14-31-26(34)20-9-4-5-10-23(20)37(31,35)36/h4-5,9-10,12-13,15,17,19H,2-3,6-8,11,14,16H2,1H3,(H,29,33)/t17-/m0/s1. The maximum Gasteiger partial charge on any atom is 0.269 e. The normalized spacial score (nSPS) is 17.5. The second kappa shape index (κ2) is 11.4. The Morgan fingerprint density at radius 2 is 1.81 bits per heavy atom. The van der Waals surface area contributed by atoms with Crippen LogP contribution in [0.15, 0.2) is 47.4 Å². The highest BCUT2D eigenvalue weighted by Gasteiger charge is 2.40. The smallest absolute Gasteiger partial charge is 0.269 e. The monoisotopic (exact) mass is 565 g/mol. The van der Waals surface area contributed by atoms with E-state index in [2.05, 4.69) is 5.32 Å². The molecule has 11 heteroatoms. The van der Waals surface area contributed by atoms with Crippen LogP contribution in [-0.2, 0) is 26.2 Å². The number of nitrogens with one attached hydrogen (secondary N) is 1. The predicted octanol–water partition coefficient (Wildman–Crippen LogP) is 4.39. The van der Waals surface area contributed by atoms with E-state index in [0.717, 1.165) is 30.0 Å². The fourth-order valence-electron chi connectivity index (χ4n) is 4.78. The van der Waals surface area contributed by atoms with Crippen molar-refractivity contribution >= 4 is 50.9 Å². The van der Waals surface area contributed by atoms with E-state index < -0.39 is 22.0 Å². The molecule has 0 radical (unpaired) electrons. The lowest BCUT2D eigenvalue weighted by Gasteiger charge is -2.30. The van der Waals surface area contributed by atoms with Crippen LogP contribution in [0.5, 0.6) is 0 Å².